The predicted molar refractivity (Wildman–Crippen MR) is 83.6 cm³/mol. The number of likely N-dealkylation sites (tertiary alicyclic amines) is 1. The molecule has 0 aliphatic carbocycles. The number of carbonyl (C=O) groups excluding carboxylic acids is 1. The number of nitrogens with two attached hydrogens (primary N) is 1. The van der Waals surface area contributed by atoms with Crippen molar-refractivity contribution in [3.8, 4) is 0 Å². The third kappa shape index (κ3) is 4.83. The molecule has 1 aliphatic rings. The average Bonchev–Trinajstić information content (AvgIpc) is 2.85. The van der Waals surface area contributed by atoms with Gasteiger partial charge in [-0.2, -0.15) is 0 Å². The number of esters is 1. The second-order valence-corrected chi connectivity index (χ2v) is 6.83. The lowest BCUT2D eigenvalue weighted by Crippen LogP contribution is -2.43. The number of benzene rings is 1. The number of ether oxygens (including phenoxy) is 1. The van der Waals surface area contributed by atoms with Crippen LogP contribution in [0.5, 0.6) is 0 Å². The number of hydrogen-bond acceptors (Lipinski definition) is 4. The second kappa shape index (κ2) is 6.58. The number of carbonyl (C=O) groups is 1. The molecule has 0 aromatic heterocycles. The smallest absolute Gasteiger partial charge is 0.323 e. The summed E-state index contributed by atoms with van der Waals surface area (Å²) in [5.41, 5.74) is 6.90. The van der Waals surface area contributed by atoms with Gasteiger partial charge in [0.05, 0.1) is 0 Å². The molecule has 4 heteroatoms. The molecule has 0 bridgehead atoms. The van der Waals surface area contributed by atoms with Gasteiger partial charge < -0.3 is 10.5 Å². The van der Waals surface area contributed by atoms with Crippen LogP contribution in [-0.2, 0) is 16.1 Å². The molecule has 1 heterocycles. The molecule has 116 valence electrons. The minimum atomic E-state index is -0.523. The third-order valence-corrected chi connectivity index (χ3v) is 3.74. The molecular weight excluding hydrogens is 264 g/mol. The van der Waals surface area contributed by atoms with E-state index in [2.05, 4.69) is 29.2 Å². The fourth-order valence-corrected chi connectivity index (χ4v) is 2.70. The quantitative estimate of drug-likeness (QED) is 0.864. The highest BCUT2D eigenvalue weighted by molar-refractivity contribution is 5.76. The Morgan fingerprint density at radius 1 is 1.38 bits per heavy atom. The van der Waals surface area contributed by atoms with Crippen LogP contribution in [0.4, 0.5) is 0 Å². The van der Waals surface area contributed by atoms with Gasteiger partial charge in [-0.3, -0.25) is 9.69 Å². The molecule has 2 N–H and O–H groups in total. The Balaban J connectivity index is 1.85. The van der Waals surface area contributed by atoms with E-state index in [4.69, 9.17) is 10.5 Å². The van der Waals surface area contributed by atoms with Gasteiger partial charge in [0.1, 0.15) is 11.6 Å². The first-order chi connectivity index (χ1) is 9.85. The summed E-state index contributed by atoms with van der Waals surface area (Å²) >= 11 is 0. The molecule has 1 fully saturated rings. The van der Waals surface area contributed by atoms with E-state index in [1.807, 2.05) is 26.8 Å². The van der Waals surface area contributed by atoms with Crippen LogP contribution in [0.1, 0.15) is 32.8 Å². The van der Waals surface area contributed by atoms with Crippen LogP contribution in [0.15, 0.2) is 30.3 Å². The van der Waals surface area contributed by atoms with Crippen molar-refractivity contribution >= 4 is 5.97 Å². The van der Waals surface area contributed by atoms with E-state index in [9.17, 15) is 4.79 Å². The maximum atomic E-state index is 12.0. The summed E-state index contributed by atoms with van der Waals surface area (Å²) < 4.78 is 5.38. The SMILES string of the molecule is CC(C)(C)OC(=O)C(N)C1CCN(Cc2ccccc2)C1. The Labute approximate surface area is 127 Å². The van der Waals surface area contributed by atoms with E-state index in [1.165, 1.54) is 5.56 Å². The molecule has 21 heavy (non-hydrogen) atoms. The molecule has 2 atom stereocenters. The van der Waals surface area contributed by atoms with Gasteiger partial charge in [-0.25, -0.2) is 0 Å². The Hall–Kier alpha value is -1.39. The predicted octanol–water partition coefficient (Wildman–Crippen LogP) is 2.18. The van der Waals surface area contributed by atoms with Crippen molar-refractivity contribution < 1.29 is 9.53 Å². The summed E-state index contributed by atoms with van der Waals surface area (Å²) in [6.45, 7) is 8.36. The van der Waals surface area contributed by atoms with E-state index in [0.29, 0.717) is 0 Å². The van der Waals surface area contributed by atoms with Gasteiger partial charge >= 0.3 is 5.97 Å². The molecule has 0 amide bonds. The second-order valence-electron chi connectivity index (χ2n) is 6.83. The molecule has 1 aromatic rings. The summed E-state index contributed by atoms with van der Waals surface area (Å²) in [4.78, 5) is 14.4. The van der Waals surface area contributed by atoms with Crippen molar-refractivity contribution in [2.75, 3.05) is 13.1 Å². The maximum Gasteiger partial charge on any atom is 0.323 e. The number of hydrogen-bond donors (Lipinski definition) is 1. The van der Waals surface area contributed by atoms with Crippen molar-refractivity contribution in [3.05, 3.63) is 35.9 Å². The van der Waals surface area contributed by atoms with Gasteiger partial charge in [-0.1, -0.05) is 30.3 Å². The van der Waals surface area contributed by atoms with Crippen LogP contribution >= 0.6 is 0 Å². The molecule has 1 aliphatic heterocycles. The van der Waals surface area contributed by atoms with Crippen molar-refractivity contribution in [2.24, 2.45) is 11.7 Å². The lowest BCUT2D eigenvalue weighted by Gasteiger charge is -2.25. The van der Waals surface area contributed by atoms with E-state index in [0.717, 1.165) is 26.1 Å². The number of rotatable bonds is 4. The van der Waals surface area contributed by atoms with Crippen molar-refractivity contribution in [3.63, 3.8) is 0 Å². The fraction of sp³-hybridized carbons (Fsp3) is 0.588. The highest BCUT2D eigenvalue weighted by Gasteiger charge is 2.33. The fourth-order valence-electron chi connectivity index (χ4n) is 2.70. The summed E-state index contributed by atoms with van der Waals surface area (Å²) in [5, 5.41) is 0. The lowest BCUT2D eigenvalue weighted by molar-refractivity contribution is -0.157. The van der Waals surface area contributed by atoms with E-state index >= 15 is 0 Å². The average molecular weight is 290 g/mol. The summed E-state index contributed by atoms with van der Waals surface area (Å²) in [6.07, 6.45) is 0.952. The standard InChI is InChI=1S/C17H26N2O2/c1-17(2,3)21-16(20)15(18)14-9-10-19(12-14)11-13-7-5-4-6-8-13/h4-8,14-15H,9-12,18H2,1-3H3. The Morgan fingerprint density at radius 2 is 2.05 bits per heavy atom. The molecule has 1 saturated heterocycles. The van der Waals surface area contributed by atoms with E-state index in [-0.39, 0.29) is 11.9 Å². The normalized spacial score (nSPS) is 21.2. The largest absolute Gasteiger partial charge is 0.459 e. The molecular formula is C17H26N2O2. The van der Waals surface area contributed by atoms with E-state index < -0.39 is 11.6 Å². The Morgan fingerprint density at radius 3 is 2.67 bits per heavy atom. The minimum absolute atomic E-state index is 0.184. The van der Waals surface area contributed by atoms with Gasteiger partial charge in [-0.05, 0) is 45.2 Å². The minimum Gasteiger partial charge on any atom is -0.459 e. The van der Waals surface area contributed by atoms with Gasteiger partial charge in [0, 0.05) is 13.1 Å². The summed E-state index contributed by atoms with van der Waals surface area (Å²) in [7, 11) is 0. The van der Waals surface area contributed by atoms with Crippen LogP contribution < -0.4 is 5.73 Å². The molecule has 2 rings (SSSR count). The molecule has 0 saturated carbocycles. The summed E-state index contributed by atoms with van der Waals surface area (Å²) in [6, 6.07) is 9.85. The lowest BCUT2D eigenvalue weighted by atomic mass is 9.99. The van der Waals surface area contributed by atoms with Crippen LogP contribution in [-0.4, -0.2) is 35.6 Å². The van der Waals surface area contributed by atoms with Crippen molar-refractivity contribution in [2.45, 2.75) is 45.4 Å². The monoisotopic (exact) mass is 290 g/mol. The van der Waals surface area contributed by atoms with Crippen LogP contribution in [0.3, 0.4) is 0 Å². The molecule has 1 aromatic carbocycles. The van der Waals surface area contributed by atoms with Crippen molar-refractivity contribution in [1.82, 2.24) is 4.90 Å². The maximum absolute atomic E-state index is 12.0. The molecule has 0 spiro atoms. The Kier molecular flexibility index (Phi) is 5.01. The summed E-state index contributed by atoms with van der Waals surface area (Å²) in [5.74, 6) is -0.0994. The van der Waals surface area contributed by atoms with Crippen LogP contribution in [0, 0.1) is 5.92 Å². The van der Waals surface area contributed by atoms with Gasteiger partial charge in [-0.15, -0.1) is 0 Å². The Bertz CT molecular complexity index is 467. The van der Waals surface area contributed by atoms with Gasteiger partial charge in [0.15, 0.2) is 0 Å². The topological polar surface area (TPSA) is 55.6 Å². The first-order valence-corrected chi connectivity index (χ1v) is 7.60. The highest BCUT2D eigenvalue weighted by Crippen LogP contribution is 2.22. The molecule has 4 nitrogen and oxygen atoms in total. The first kappa shape index (κ1) is 16.0. The van der Waals surface area contributed by atoms with Crippen LogP contribution in [0.2, 0.25) is 0 Å². The van der Waals surface area contributed by atoms with E-state index in [1.54, 1.807) is 0 Å². The van der Waals surface area contributed by atoms with Gasteiger partial charge in [0.2, 0.25) is 0 Å². The van der Waals surface area contributed by atoms with Gasteiger partial charge in [0.25, 0.3) is 0 Å². The zero-order valence-corrected chi connectivity index (χ0v) is 13.2. The molecule has 0 radical (unpaired) electrons. The number of nitrogens with zero attached hydrogens (tertiary/aromatic N) is 1. The highest BCUT2D eigenvalue weighted by atomic mass is 16.6. The van der Waals surface area contributed by atoms with Crippen LogP contribution in [0.25, 0.3) is 0 Å². The zero-order valence-electron chi connectivity index (χ0n) is 13.2. The third-order valence-electron chi connectivity index (χ3n) is 3.74. The first-order valence-electron chi connectivity index (χ1n) is 7.60. The zero-order chi connectivity index (χ0) is 15.5. The molecule has 2 unspecified atom stereocenters. The van der Waals surface area contributed by atoms with Crippen molar-refractivity contribution in [1.29, 1.82) is 0 Å².